The number of rotatable bonds is 3. The topological polar surface area (TPSA) is 42.3 Å². The first kappa shape index (κ1) is 12.9. The molecule has 0 N–H and O–H groups in total. The number of aryl methyl sites for hydroxylation is 1. The Morgan fingerprint density at radius 2 is 1.85 bits per heavy atom. The van der Waals surface area contributed by atoms with E-state index in [4.69, 9.17) is 0 Å². The monoisotopic (exact) mass is 270 g/mol. The SMILES string of the molecule is CCCC(C)N1C(=O)c2c(n(C)c3ccccc23)C1=O. The molecule has 2 amide bonds. The largest absolute Gasteiger partial charge is 0.339 e. The quantitative estimate of drug-likeness (QED) is 0.805. The second kappa shape index (κ2) is 4.47. The van der Waals surface area contributed by atoms with Crippen LogP contribution in [0.1, 0.15) is 47.5 Å². The van der Waals surface area contributed by atoms with Gasteiger partial charge in [-0.15, -0.1) is 0 Å². The number of amides is 2. The molecule has 2 aromatic rings. The van der Waals surface area contributed by atoms with Crippen molar-refractivity contribution >= 4 is 22.7 Å². The molecule has 0 spiro atoms. The van der Waals surface area contributed by atoms with Crippen LogP contribution < -0.4 is 0 Å². The lowest BCUT2D eigenvalue weighted by molar-refractivity contribution is 0.0586. The molecule has 0 saturated heterocycles. The summed E-state index contributed by atoms with van der Waals surface area (Å²) in [5.74, 6) is -0.313. The Hall–Kier alpha value is -2.10. The van der Waals surface area contributed by atoms with Crippen molar-refractivity contribution in [3.63, 3.8) is 0 Å². The van der Waals surface area contributed by atoms with Crippen molar-refractivity contribution in [2.75, 3.05) is 0 Å². The molecule has 0 saturated carbocycles. The summed E-state index contributed by atoms with van der Waals surface area (Å²) >= 11 is 0. The summed E-state index contributed by atoms with van der Waals surface area (Å²) in [4.78, 5) is 26.7. The fourth-order valence-electron chi connectivity index (χ4n) is 3.13. The van der Waals surface area contributed by atoms with Gasteiger partial charge in [0.2, 0.25) is 0 Å². The molecule has 4 heteroatoms. The van der Waals surface area contributed by atoms with Gasteiger partial charge in [-0.2, -0.15) is 0 Å². The highest BCUT2D eigenvalue weighted by Gasteiger charge is 2.42. The normalized spacial score (nSPS) is 16.1. The zero-order valence-electron chi connectivity index (χ0n) is 12.0. The maximum absolute atomic E-state index is 12.6. The number of nitrogens with zero attached hydrogens (tertiary/aromatic N) is 2. The van der Waals surface area contributed by atoms with Gasteiger partial charge in [-0.1, -0.05) is 31.5 Å². The van der Waals surface area contributed by atoms with Crippen LogP contribution in [0, 0.1) is 0 Å². The Morgan fingerprint density at radius 3 is 2.55 bits per heavy atom. The van der Waals surface area contributed by atoms with E-state index in [-0.39, 0.29) is 17.9 Å². The second-order valence-electron chi connectivity index (χ2n) is 5.42. The van der Waals surface area contributed by atoms with Crippen molar-refractivity contribution in [2.45, 2.75) is 32.7 Å². The summed E-state index contributed by atoms with van der Waals surface area (Å²) in [5.41, 5.74) is 2.03. The summed E-state index contributed by atoms with van der Waals surface area (Å²) in [6.45, 7) is 4.00. The summed E-state index contributed by atoms with van der Waals surface area (Å²) in [6, 6.07) is 7.62. The zero-order valence-corrected chi connectivity index (χ0v) is 12.0. The maximum Gasteiger partial charge on any atom is 0.278 e. The molecule has 0 fully saturated rings. The van der Waals surface area contributed by atoms with Gasteiger partial charge in [0.1, 0.15) is 5.69 Å². The van der Waals surface area contributed by atoms with Gasteiger partial charge < -0.3 is 4.57 Å². The number of aromatic nitrogens is 1. The molecule has 0 bridgehead atoms. The molecule has 1 aliphatic heterocycles. The number of benzene rings is 1. The third kappa shape index (κ3) is 1.54. The molecule has 4 nitrogen and oxygen atoms in total. The van der Waals surface area contributed by atoms with Crippen molar-refractivity contribution < 1.29 is 9.59 Å². The number of hydrogen-bond acceptors (Lipinski definition) is 2. The van der Waals surface area contributed by atoms with E-state index in [1.807, 2.05) is 42.8 Å². The van der Waals surface area contributed by atoms with Gasteiger partial charge in [-0.05, 0) is 19.4 Å². The van der Waals surface area contributed by atoms with Crippen LogP contribution in [0.4, 0.5) is 0 Å². The van der Waals surface area contributed by atoms with Crippen molar-refractivity contribution in [1.29, 1.82) is 0 Å². The number of imide groups is 1. The Labute approximate surface area is 118 Å². The number of carbonyl (C=O) groups excluding carboxylic acids is 2. The van der Waals surface area contributed by atoms with Crippen LogP contribution >= 0.6 is 0 Å². The van der Waals surface area contributed by atoms with E-state index in [9.17, 15) is 9.59 Å². The molecule has 1 aromatic carbocycles. The molecule has 0 radical (unpaired) electrons. The summed E-state index contributed by atoms with van der Waals surface area (Å²) < 4.78 is 1.84. The molecular formula is C16H18N2O2. The van der Waals surface area contributed by atoms with E-state index in [1.165, 1.54) is 4.90 Å². The summed E-state index contributed by atoms with van der Waals surface area (Å²) in [5, 5.41) is 0.870. The van der Waals surface area contributed by atoms with Crippen molar-refractivity contribution in [3.05, 3.63) is 35.5 Å². The van der Waals surface area contributed by atoms with E-state index >= 15 is 0 Å². The number of fused-ring (bicyclic) bond motifs is 3. The number of carbonyl (C=O) groups is 2. The lowest BCUT2D eigenvalue weighted by Crippen LogP contribution is -2.38. The van der Waals surface area contributed by atoms with Crippen molar-refractivity contribution in [2.24, 2.45) is 7.05 Å². The summed E-state index contributed by atoms with van der Waals surface area (Å²) in [6.07, 6.45) is 1.79. The fraction of sp³-hybridized carbons (Fsp3) is 0.375. The zero-order chi connectivity index (χ0) is 14.4. The number of hydrogen-bond donors (Lipinski definition) is 0. The fourth-order valence-corrected chi connectivity index (χ4v) is 3.13. The first-order valence-electron chi connectivity index (χ1n) is 7.03. The van der Waals surface area contributed by atoms with Gasteiger partial charge in [-0.25, -0.2) is 0 Å². The van der Waals surface area contributed by atoms with Gasteiger partial charge in [0.15, 0.2) is 0 Å². The lowest BCUT2D eigenvalue weighted by atomic mass is 10.1. The van der Waals surface area contributed by atoms with E-state index in [0.717, 1.165) is 23.7 Å². The second-order valence-corrected chi connectivity index (χ2v) is 5.42. The molecule has 2 heterocycles. The average molecular weight is 270 g/mol. The summed E-state index contributed by atoms with van der Waals surface area (Å²) in [7, 11) is 1.85. The smallest absolute Gasteiger partial charge is 0.278 e. The van der Waals surface area contributed by atoms with Crippen molar-refractivity contribution in [1.82, 2.24) is 9.47 Å². The Kier molecular flexibility index (Phi) is 2.89. The minimum absolute atomic E-state index is 0.0498. The third-order valence-corrected chi connectivity index (χ3v) is 4.11. The molecule has 1 atom stereocenters. The van der Waals surface area contributed by atoms with Crippen LogP contribution in [0.5, 0.6) is 0 Å². The van der Waals surface area contributed by atoms with Crippen LogP contribution in [0.3, 0.4) is 0 Å². The van der Waals surface area contributed by atoms with Gasteiger partial charge in [0, 0.05) is 24.0 Å². The molecule has 1 aliphatic rings. The Morgan fingerprint density at radius 1 is 1.15 bits per heavy atom. The molecular weight excluding hydrogens is 252 g/mol. The van der Waals surface area contributed by atoms with Gasteiger partial charge in [0.25, 0.3) is 11.8 Å². The minimum Gasteiger partial charge on any atom is -0.339 e. The van der Waals surface area contributed by atoms with Gasteiger partial charge in [-0.3, -0.25) is 14.5 Å². The molecule has 104 valence electrons. The molecule has 20 heavy (non-hydrogen) atoms. The standard InChI is InChI=1S/C16H18N2O2/c1-4-7-10(2)18-15(19)13-11-8-5-6-9-12(11)17(3)14(13)16(18)20/h5-6,8-10H,4,7H2,1-3H3. The van der Waals surface area contributed by atoms with Crippen LogP contribution in [-0.4, -0.2) is 27.3 Å². The highest BCUT2D eigenvalue weighted by atomic mass is 16.2. The molecule has 1 unspecified atom stereocenters. The van der Waals surface area contributed by atoms with Gasteiger partial charge in [0.05, 0.1) is 5.56 Å². The highest BCUT2D eigenvalue weighted by Crippen LogP contribution is 2.33. The predicted molar refractivity (Wildman–Crippen MR) is 77.8 cm³/mol. The van der Waals surface area contributed by atoms with Crippen molar-refractivity contribution in [3.8, 4) is 0 Å². The van der Waals surface area contributed by atoms with E-state index in [0.29, 0.717) is 11.3 Å². The average Bonchev–Trinajstić information content (AvgIpc) is 2.86. The number of para-hydroxylation sites is 1. The maximum atomic E-state index is 12.6. The third-order valence-electron chi connectivity index (χ3n) is 4.11. The minimum atomic E-state index is -0.162. The lowest BCUT2D eigenvalue weighted by Gasteiger charge is -2.22. The van der Waals surface area contributed by atoms with Crippen LogP contribution in [0.15, 0.2) is 24.3 Å². The molecule has 1 aromatic heterocycles. The first-order valence-corrected chi connectivity index (χ1v) is 7.03. The van der Waals surface area contributed by atoms with E-state index in [1.54, 1.807) is 0 Å². The van der Waals surface area contributed by atoms with E-state index < -0.39 is 0 Å². The van der Waals surface area contributed by atoms with Crippen LogP contribution in [-0.2, 0) is 7.05 Å². The van der Waals surface area contributed by atoms with Gasteiger partial charge >= 0.3 is 0 Å². The first-order chi connectivity index (χ1) is 9.57. The Bertz CT molecular complexity index is 715. The van der Waals surface area contributed by atoms with E-state index in [2.05, 4.69) is 6.92 Å². The molecule has 0 aliphatic carbocycles. The predicted octanol–water partition coefficient (Wildman–Crippen LogP) is 2.96. The highest BCUT2D eigenvalue weighted by molar-refractivity contribution is 6.26. The van der Waals surface area contributed by atoms with Crippen LogP contribution in [0.25, 0.3) is 10.9 Å². The van der Waals surface area contributed by atoms with Crippen LogP contribution in [0.2, 0.25) is 0 Å². The Balaban J connectivity index is 2.18. The molecule has 3 rings (SSSR count).